The van der Waals surface area contributed by atoms with Crippen molar-refractivity contribution in [2.75, 3.05) is 44.9 Å². The molecule has 0 atom stereocenters. The maximum absolute atomic E-state index is 5.75. The lowest BCUT2D eigenvalue weighted by Crippen LogP contribution is -2.43. The van der Waals surface area contributed by atoms with Crippen LogP contribution in [-0.2, 0) is 22.6 Å². The lowest BCUT2D eigenvalue weighted by Gasteiger charge is -2.32. The number of ether oxygens (including phenoxy) is 2. The average Bonchev–Trinajstić information content (AvgIpc) is 3.60. The van der Waals surface area contributed by atoms with E-state index < -0.39 is 0 Å². The normalized spacial score (nSPS) is 16.5. The van der Waals surface area contributed by atoms with Crippen LogP contribution in [0.5, 0.6) is 0 Å². The van der Waals surface area contributed by atoms with Crippen LogP contribution in [0.2, 0.25) is 0 Å². The van der Waals surface area contributed by atoms with E-state index in [2.05, 4.69) is 74.3 Å². The summed E-state index contributed by atoms with van der Waals surface area (Å²) >= 11 is 0. The third kappa shape index (κ3) is 4.78. The van der Waals surface area contributed by atoms with E-state index in [1.54, 1.807) is 12.6 Å². The first-order valence-electron chi connectivity index (χ1n) is 12.3. The minimum atomic E-state index is 0.202. The third-order valence-corrected chi connectivity index (χ3v) is 6.84. The molecular formula is C28H30N6O2. The summed E-state index contributed by atoms with van der Waals surface area (Å²) in [6.45, 7) is 6.29. The number of likely N-dealkylation sites (N-methyl/N-ethyl adjacent to an activating group) is 1. The molecule has 0 spiro atoms. The Balaban J connectivity index is 1.27. The Kier molecular flexibility index (Phi) is 6.27. The quantitative estimate of drug-likeness (QED) is 0.424. The highest BCUT2D eigenvalue weighted by atomic mass is 16.7. The Morgan fingerprint density at radius 2 is 1.75 bits per heavy atom. The van der Waals surface area contributed by atoms with Gasteiger partial charge in [-0.2, -0.15) is 0 Å². The number of piperazine rings is 1. The molecule has 2 aromatic heterocycles. The first kappa shape index (κ1) is 22.6. The average molecular weight is 483 g/mol. The fourth-order valence-corrected chi connectivity index (χ4v) is 4.75. The van der Waals surface area contributed by atoms with E-state index in [-0.39, 0.29) is 6.79 Å². The molecule has 0 aliphatic carbocycles. The lowest BCUT2D eigenvalue weighted by atomic mass is 10.1. The van der Waals surface area contributed by atoms with Gasteiger partial charge >= 0.3 is 0 Å². The van der Waals surface area contributed by atoms with Crippen LogP contribution in [0, 0.1) is 0 Å². The molecule has 0 saturated carbocycles. The predicted octanol–water partition coefficient (Wildman–Crippen LogP) is 4.18. The molecule has 36 heavy (non-hydrogen) atoms. The minimum absolute atomic E-state index is 0.202. The predicted molar refractivity (Wildman–Crippen MR) is 140 cm³/mol. The van der Waals surface area contributed by atoms with E-state index in [0.29, 0.717) is 12.4 Å². The van der Waals surface area contributed by atoms with Gasteiger partial charge in [-0.25, -0.2) is 9.97 Å². The van der Waals surface area contributed by atoms with Gasteiger partial charge in [0.05, 0.1) is 11.9 Å². The Hall–Kier alpha value is -3.88. The van der Waals surface area contributed by atoms with Gasteiger partial charge in [-0.1, -0.05) is 54.6 Å². The molecule has 0 radical (unpaired) electrons. The van der Waals surface area contributed by atoms with Crippen molar-refractivity contribution >= 4 is 16.9 Å². The molecule has 0 amide bonds. The van der Waals surface area contributed by atoms with Gasteiger partial charge in [0.1, 0.15) is 24.1 Å². The molecule has 4 heterocycles. The summed E-state index contributed by atoms with van der Waals surface area (Å²) in [6, 6.07) is 21.2. The highest BCUT2D eigenvalue weighted by molar-refractivity contribution is 5.92. The fraction of sp³-hybridized carbons (Fsp3) is 0.286. The molecule has 2 aliphatic rings. The largest absolute Gasteiger partial charge is 0.459 e. The van der Waals surface area contributed by atoms with Crippen LogP contribution in [-0.4, -0.2) is 64.8 Å². The van der Waals surface area contributed by atoms with Crippen molar-refractivity contribution in [1.29, 1.82) is 0 Å². The summed E-state index contributed by atoms with van der Waals surface area (Å²) in [6.07, 6.45) is 3.23. The zero-order chi connectivity index (χ0) is 24.3. The molecule has 4 aromatic rings. The summed E-state index contributed by atoms with van der Waals surface area (Å²) in [4.78, 5) is 19.6. The number of aromatic nitrogens is 3. The van der Waals surface area contributed by atoms with Crippen molar-refractivity contribution < 1.29 is 9.47 Å². The Bertz CT molecular complexity index is 1340. The molecule has 1 saturated heterocycles. The number of benzene rings is 2. The Labute approximate surface area is 210 Å². The number of rotatable bonds is 7. The van der Waals surface area contributed by atoms with Gasteiger partial charge in [0.25, 0.3) is 0 Å². The zero-order valence-electron chi connectivity index (χ0n) is 20.4. The first-order valence-corrected chi connectivity index (χ1v) is 12.3. The second-order valence-corrected chi connectivity index (χ2v) is 9.38. The second kappa shape index (κ2) is 10.0. The molecule has 2 aromatic carbocycles. The highest BCUT2D eigenvalue weighted by Crippen LogP contribution is 2.32. The van der Waals surface area contributed by atoms with E-state index in [1.807, 2.05) is 23.1 Å². The van der Waals surface area contributed by atoms with Crippen LogP contribution in [0.3, 0.4) is 0 Å². The highest BCUT2D eigenvalue weighted by Gasteiger charge is 2.23. The van der Waals surface area contributed by atoms with Crippen LogP contribution in [0.25, 0.3) is 22.3 Å². The van der Waals surface area contributed by atoms with E-state index >= 15 is 0 Å². The van der Waals surface area contributed by atoms with Crippen molar-refractivity contribution in [2.45, 2.75) is 13.1 Å². The number of hydrogen-bond acceptors (Lipinski definition) is 7. The van der Waals surface area contributed by atoms with E-state index in [4.69, 9.17) is 9.47 Å². The molecule has 0 bridgehead atoms. The monoisotopic (exact) mass is 482 g/mol. The van der Waals surface area contributed by atoms with Crippen LogP contribution in [0.15, 0.2) is 79.1 Å². The number of nitrogens with zero attached hydrogens (tertiary/aromatic N) is 5. The Morgan fingerprint density at radius 1 is 0.944 bits per heavy atom. The summed E-state index contributed by atoms with van der Waals surface area (Å²) in [5.74, 6) is 1.41. The van der Waals surface area contributed by atoms with Crippen molar-refractivity contribution in [3.63, 3.8) is 0 Å². The first-order chi connectivity index (χ1) is 17.7. The number of fused-ring (bicyclic) bond motifs is 1. The van der Waals surface area contributed by atoms with Crippen LogP contribution < -0.4 is 4.90 Å². The maximum atomic E-state index is 5.75. The molecule has 2 aliphatic heterocycles. The van der Waals surface area contributed by atoms with Gasteiger partial charge in [-0.3, -0.25) is 9.80 Å². The molecule has 1 N–H and O–H groups in total. The van der Waals surface area contributed by atoms with Crippen molar-refractivity contribution in [3.05, 3.63) is 90.3 Å². The van der Waals surface area contributed by atoms with E-state index in [0.717, 1.165) is 66.4 Å². The molecule has 6 rings (SSSR count). The number of H-pyrrole nitrogens is 1. The standard InChI is InChI=1S/C28H30N6O2/c1-32-11-13-33(14-12-32)16-22-7-9-23(10-8-22)25-15-24-27(31-25)29-19-30-28(24)34(26-18-35-20-36-26)17-21-5-3-2-4-6-21/h2-10,15,18-19H,11-14,16-17,20H2,1H3,(H,29,30,31). The molecule has 184 valence electrons. The summed E-state index contributed by atoms with van der Waals surface area (Å²) in [5.41, 5.74) is 5.39. The smallest absolute Gasteiger partial charge is 0.234 e. The topological polar surface area (TPSA) is 69.8 Å². The van der Waals surface area contributed by atoms with Gasteiger partial charge in [0.15, 0.2) is 0 Å². The van der Waals surface area contributed by atoms with E-state index in [9.17, 15) is 0 Å². The van der Waals surface area contributed by atoms with Crippen molar-refractivity contribution in [3.8, 4) is 11.3 Å². The summed E-state index contributed by atoms with van der Waals surface area (Å²) in [5, 5.41) is 0.932. The van der Waals surface area contributed by atoms with Crippen molar-refractivity contribution in [2.24, 2.45) is 0 Å². The fourth-order valence-electron chi connectivity index (χ4n) is 4.75. The molecular weight excluding hydrogens is 452 g/mol. The van der Waals surface area contributed by atoms with Crippen molar-refractivity contribution in [1.82, 2.24) is 24.8 Å². The third-order valence-electron chi connectivity index (χ3n) is 6.84. The van der Waals surface area contributed by atoms with Gasteiger partial charge in [-0.15, -0.1) is 0 Å². The number of hydrogen-bond donors (Lipinski definition) is 1. The summed E-state index contributed by atoms with van der Waals surface area (Å²) in [7, 11) is 2.19. The Morgan fingerprint density at radius 3 is 2.50 bits per heavy atom. The van der Waals surface area contributed by atoms with Crippen LogP contribution in [0.1, 0.15) is 11.1 Å². The van der Waals surface area contributed by atoms with E-state index in [1.165, 1.54) is 5.56 Å². The second-order valence-electron chi connectivity index (χ2n) is 9.38. The van der Waals surface area contributed by atoms with Gasteiger partial charge in [0, 0.05) is 38.4 Å². The number of aromatic amines is 1. The van der Waals surface area contributed by atoms with Gasteiger partial charge in [-0.05, 0) is 29.8 Å². The SMILES string of the molecule is CN1CCN(Cc2ccc(-c3cc4c(N(Cc5ccccc5)C5=COCO5)ncnc4[nH]3)cc2)CC1. The zero-order valence-corrected chi connectivity index (χ0v) is 20.4. The molecule has 8 heteroatoms. The molecule has 1 fully saturated rings. The molecule has 8 nitrogen and oxygen atoms in total. The van der Waals surface area contributed by atoms with Crippen LogP contribution in [0.4, 0.5) is 5.82 Å². The number of nitrogens with one attached hydrogen (secondary N) is 1. The van der Waals surface area contributed by atoms with Gasteiger partial charge < -0.3 is 19.4 Å². The minimum Gasteiger partial charge on any atom is -0.459 e. The van der Waals surface area contributed by atoms with Gasteiger partial charge in [0.2, 0.25) is 12.7 Å². The maximum Gasteiger partial charge on any atom is 0.234 e. The lowest BCUT2D eigenvalue weighted by molar-refractivity contribution is 0.0782. The number of anilines is 1. The van der Waals surface area contributed by atoms with Crippen LogP contribution >= 0.6 is 0 Å². The summed E-state index contributed by atoms with van der Waals surface area (Å²) < 4.78 is 11.1. The molecule has 0 unspecified atom stereocenters.